The maximum Gasteiger partial charge on any atom is 0.155 e. The Hall–Kier alpha value is -1.37. The fourth-order valence-electron chi connectivity index (χ4n) is 0.812. The highest BCUT2D eigenvalue weighted by Gasteiger charge is 1.91. The highest BCUT2D eigenvalue weighted by molar-refractivity contribution is 5.89. The zero-order chi connectivity index (χ0) is 9.94. The van der Waals surface area contributed by atoms with E-state index < -0.39 is 0 Å². The van der Waals surface area contributed by atoms with Crippen molar-refractivity contribution in [3.63, 3.8) is 0 Å². The third-order valence-corrected chi connectivity index (χ3v) is 1.40. The van der Waals surface area contributed by atoms with Crippen molar-refractivity contribution in [1.82, 2.24) is 0 Å². The van der Waals surface area contributed by atoms with Gasteiger partial charge in [-0.15, -0.1) is 0 Å². The first-order chi connectivity index (χ1) is 6.31. The molecule has 70 valence electrons. The van der Waals surface area contributed by atoms with E-state index in [1.807, 2.05) is 31.2 Å². The van der Waals surface area contributed by atoms with Crippen LogP contribution in [0.4, 0.5) is 0 Å². The van der Waals surface area contributed by atoms with Gasteiger partial charge in [0.2, 0.25) is 0 Å². The van der Waals surface area contributed by atoms with Crippen molar-refractivity contribution < 1.29 is 4.79 Å². The molecule has 1 nitrogen and oxygen atoms in total. The van der Waals surface area contributed by atoms with Crippen LogP contribution in [0.15, 0.2) is 49.1 Å². The van der Waals surface area contributed by atoms with Crippen molar-refractivity contribution in [3.8, 4) is 0 Å². The van der Waals surface area contributed by atoms with Crippen molar-refractivity contribution in [2.75, 3.05) is 0 Å². The molecule has 13 heavy (non-hydrogen) atoms. The topological polar surface area (TPSA) is 17.1 Å². The van der Waals surface area contributed by atoms with E-state index in [1.165, 1.54) is 0 Å². The molecule has 0 fully saturated rings. The van der Waals surface area contributed by atoms with Gasteiger partial charge in [-0.2, -0.15) is 0 Å². The number of carbonyl (C=O) groups is 1. The molecule has 0 bridgehead atoms. The Morgan fingerprint density at radius 1 is 1.31 bits per heavy atom. The molecular formula is C12H16O. The molecule has 0 aromatic carbocycles. The van der Waals surface area contributed by atoms with Gasteiger partial charge in [-0.1, -0.05) is 43.0 Å². The summed E-state index contributed by atoms with van der Waals surface area (Å²) in [5, 5.41) is 0. The van der Waals surface area contributed by atoms with Gasteiger partial charge in [-0.25, -0.2) is 0 Å². The Morgan fingerprint density at radius 3 is 2.69 bits per heavy atom. The molecule has 0 N–H and O–H groups in total. The summed E-state index contributed by atoms with van der Waals surface area (Å²) in [7, 11) is 0. The molecule has 0 saturated carbocycles. The van der Waals surface area contributed by atoms with E-state index >= 15 is 0 Å². The van der Waals surface area contributed by atoms with E-state index in [9.17, 15) is 4.79 Å². The monoisotopic (exact) mass is 176 g/mol. The molecule has 0 saturated heterocycles. The number of allylic oxidation sites excluding steroid dienone is 7. The largest absolute Gasteiger partial charge is 0.295 e. The smallest absolute Gasteiger partial charge is 0.155 e. The van der Waals surface area contributed by atoms with Crippen LogP contribution in [-0.2, 0) is 4.79 Å². The van der Waals surface area contributed by atoms with Crippen LogP contribution in [0.3, 0.4) is 0 Å². The minimum atomic E-state index is 0.180. The van der Waals surface area contributed by atoms with Gasteiger partial charge < -0.3 is 0 Å². The molecule has 0 aliphatic heterocycles. The Labute approximate surface area is 80.2 Å². The Kier molecular flexibility index (Phi) is 7.80. The number of hydrogen-bond acceptors (Lipinski definition) is 1. The molecule has 0 aromatic rings. The van der Waals surface area contributed by atoms with Crippen molar-refractivity contribution >= 4 is 5.78 Å². The minimum absolute atomic E-state index is 0.180. The Bertz CT molecular complexity index is 232. The van der Waals surface area contributed by atoms with Crippen LogP contribution in [0.1, 0.15) is 19.8 Å². The lowest BCUT2D eigenvalue weighted by atomic mass is 10.2. The maximum absolute atomic E-state index is 11.0. The molecule has 0 aliphatic rings. The molecule has 0 atom stereocenters. The van der Waals surface area contributed by atoms with E-state index in [2.05, 4.69) is 6.58 Å². The third kappa shape index (κ3) is 8.54. The quantitative estimate of drug-likeness (QED) is 0.448. The number of ketones is 1. The van der Waals surface area contributed by atoms with Crippen LogP contribution < -0.4 is 0 Å². The predicted octanol–water partition coefficient (Wildman–Crippen LogP) is 3.21. The maximum atomic E-state index is 11.0. The third-order valence-electron chi connectivity index (χ3n) is 1.40. The van der Waals surface area contributed by atoms with E-state index in [4.69, 9.17) is 0 Å². The van der Waals surface area contributed by atoms with Gasteiger partial charge in [0.25, 0.3) is 0 Å². The second-order valence-electron chi connectivity index (χ2n) is 2.55. The fraction of sp³-hybridized carbons (Fsp3) is 0.250. The molecule has 0 spiro atoms. The van der Waals surface area contributed by atoms with Gasteiger partial charge in [0.05, 0.1) is 0 Å². The van der Waals surface area contributed by atoms with Crippen LogP contribution in [0.25, 0.3) is 0 Å². The van der Waals surface area contributed by atoms with Crippen molar-refractivity contribution in [3.05, 3.63) is 49.1 Å². The molecule has 1 heteroatoms. The Balaban J connectivity index is 3.55. The summed E-state index contributed by atoms with van der Waals surface area (Å²) in [6.45, 7) is 5.39. The number of carbonyl (C=O) groups excluding carboxylic acids is 1. The van der Waals surface area contributed by atoms with Gasteiger partial charge >= 0.3 is 0 Å². The molecule has 0 unspecified atom stereocenters. The van der Waals surface area contributed by atoms with Crippen LogP contribution in [-0.4, -0.2) is 5.78 Å². The van der Waals surface area contributed by atoms with Gasteiger partial charge in [0.1, 0.15) is 0 Å². The molecule has 0 radical (unpaired) electrons. The van der Waals surface area contributed by atoms with E-state index in [-0.39, 0.29) is 5.78 Å². The fourth-order valence-corrected chi connectivity index (χ4v) is 0.812. The second kappa shape index (κ2) is 8.72. The Morgan fingerprint density at radius 2 is 2.08 bits per heavy atom. The molecular weight excluding hydrogens is 160 g/mol. The highest BCUT2D eigenvalue weighted by atomic mass is 16.1. The summed E-state index contributed by atoms with van der Waals surface area (Å²) in [6.07, 6.45) is 14.1. The van der Waals surface area contributed by atoms with Crippen LogP contribution in [0, 0.1) is 0 Å². The summed E-state index contributed by atoms with van der Waals surface area (Å²) < 4.78 is 0. The van der Waals surface area contributed by atoms with Crippen molar-refractivity contribution in [2.24, 2.45) is 0 Å². The first kappa shape index (κ1) is 11.6. The van der Waals surface area contributed by atoms with Crippen molar-refractivity contribution in [1.29, 1.82) is 0 Å². The van der Waals surface area contributed by atoms with Gasteiger partial charge in [0, 0.05) is 6.42 Å². The lowest BCUT2D eigenvalue weighted by Gasteiger charge is -1.87. The summed E-state index contributed by atoms with van der Waals surface area (Å²) in [5.74, 6) is 0.180. The SMILES string of the molecule is C=CC=CC=CCCC(=O)C=CC. The number of rotatable bonds is 6. The van der Waals surface area contributed by atoms with Crippen LogP contribution >= 0.6 is 0 Å². The average molecular weight is 176 g/mol. The van der Waals surface area contributed by atoms with Crippen molar-refractivity contribution in [2.45, 2.75) is 19.8 Å². The minimum Gasteiger partial charge on any atom is -0.295 e. The van der Waals surface area contributed by atoms with Gasteiger partial charge in [-0.05, 0) is 19.4 Å². The number of hydrogen-bond donors (Lipinski definition) is 0. The first-order valence-corrected chi connectivity index (χ1v) is 4.41. The van der Waals surface area contributed by atoms with E-state index in [0.717, 1.165) is 6.42 Å². The zero-order valence-corrected chi connectivity index (χ0v) is 8.07. The predicted molar refractivity (Wildman–Crippen MR) is 57.5 cm³/mol. The lowest BCUT2D eigenvalue weighted by Crippen LogP contribution is -1.89. The summed E-state index contributed by atoms with van der Waals surface area (Å²) >= 11 is 0. The molecule has 0 amide bonds. The van der Waals surface area contributed by atoms with E-state index in [0.29, 0.717) is 6.42 Å². The van der Waals surface area contributed by atoms with Crippen LogP contribution in [0.2, 0.25) is 0 Å². The lowest BCUT2D eigenvalue weighted by molar-refractivity contribution is -0.114. The van der Waals surface area contributed by atoms with Gasteiger partial charge in [0.15, 0.2) is 5.78 Å². The average Bonchev–Trinajstić information content (AvgIpc) is 2.11. The molecule has 0 aromatic heterocycles. The summed E-state index contributed by atoms with van der Waals surface area (Å²) in [4.78, 5) is 11.0. The summed E-state index contributed by atoms with van der Waals surface area (Å²) in [6, 6.07) is 0. The molecule has 0 heterocycles. The molecule has 0 aliphatic carbocycles. The highest BCUT2D eigenvalue weighted by Crippen LogP contribution is 1.94. The zero-order valence-electron chi connectivity index (χ0n) is 8.07. The van der Waals surface area contributed by atoms with Gasteiger partial charge in [-0.3, -0.25) is 4.79 Å². The normalized spacial score (nSPS) is 11.8. The van der Waals surface area contributed by atoms with E-state index in [1.54, 1.807) is 18.2 Å². The van der Waals surface area contributed by atoms with Crippen LogP contribution in [0.5, 0.6) is 0 Å². The first-order valence-electron chi connectivity index (χ1n) is 4.41. The second-order valence-corrected chi connectivity index (χ2v) is 2.55. The molecule has 0 rings (SSSR count). The summed E-state index contributed by atoms with van der Waals surface area (Å²) in [5.41, 5.74) is 0. The standard InChI is InChI=1S/C12H16O/c1-3-5-6-7-8-9-11-12(13)10-4-2/h3-8,10H,1,9,11H2,2H3.